The van der Waals surface area contributed by atoms with Gasteiger partial charge in [-0.1, -0.05) is 67.6 Å². The van der Waals surface area contributed by atoms with E-state index in [1.165, 1.54) is 109 Å². The Kier molecular flexibility index (Phi) is 23.8. The third-order valence-corrected chi connectivity index (χ3v) is 33.4. The van der Waals surface area contributed by atoms with Gasteiger partial charge in [-0.05, 0) is 144 Å². The monoisotopic (exact) mass is 1770 g/mol. The van der Waals surface area contributed by atoms with Crippen molar-refractivity contribution in [3.63, 3.8) is 0 Å². The molecule has 38 heteroatoms. The van der Waals surface area contributed by atoms with E-state index in [9.17, 15) is 64.9 Å². The molecule has 11 atom stereocenters. The van der Waals surface area contributed by atoms with Gasteiger partial charge in [-0.25, -0.2) is 16.8 Å². The number of fused-ring (bicyclic) bond motifs is 6. The van der Waals surface area contributed by atoms with Crippen LogP contribution >= 0.6 is 45.8 Å². The van der Waals surface area contributed by atoms with Crippen LogP contribution in [0.1, 0.15) is 104 Å². The van der Waals surface area contributed by atoms with Gasteiger partial charge in [-0.3, -0.25) is 13.7 Å². The lowest BCUT2D eigenvalue weighted by molar-refractivity contribution is -0.125. The fraction of sp³-hybridized carbons (Fsp3) is 0.395. The Labute approximate surface area is 681 Å². The predicted octanol–water partition coefficient (Wildman–Crippen LogP) is 8.67. The van der Waals surface area contributed by atoms with Crippen LogP contribution in [0.3, 0.4) is 0 Å². The summed E-state index contributed by atoms with van der Waals surface area (Å²) in [5.74, 6) is 4.03. The second-order valence-corrected chi connectivity index (χ2v) is 41.4. The summed E-state index contributed by atoms with van der Waals surface area (Å²) in [6.45, 7) is 8.14. The Hall–Kier alpha value is -6.42. The minimum absolute atomic E-state index is 0.0172. The molecule has 17 rings (SSSR count). The van der Waals surface area contributed by atoms with Gasteiger partial charge in [-0.15, -0.1) is 45.8 Å². The van der Waals surface area contributed by atoms with Gasteiger partial charge in [-0.2, -0.15) is 25.3 Å². The van der Waals surface area contributed by atoms with Gasteiger partial charge in [0.15, 0.2) is 58.9 Å². The van der Waals surface area contributed by atoms with E-state index in [4.69, 9.17) is 56.8 Å². The second-order valence-electron chi connectivity index (χ2n) is 28.0. The molecule has 0 radical (unpaired) electrons. The lowest BCUT2D eigenvalue weighted by atomic mass is 9.74. The van der Waals surface area contributed by atoms with Gasteiger partial charge in [0.25, 0.3) is 49.9 Å². The largest absolute Gasteiger partial charge is 0.744 e. The van der Waals surface area contributed by atoms with Crippen molar-refractivity contribution in [2.75, 3.05) is 85.0 Å². The van der Waals surface area contributed by atoms with E-state index < -0.39 is 78.1 Å². The molecule has 0 saturated carbocycles. The number of rotatable bonds is 21. The highest BCUT2D eigenvalue weighted by molar-refractivity contribution is 8.00. The van der Waals surface area contributed by atoms with Crippen LogP contribution in [0.5, 0.6) is 34.5 Å². The number of benzene rings is 5. The van der Waals surface area contributed by atoms with Gasteiger partial charge in [0, 0.05) is 11.1 Å². The maximum atomic E-state index is 12.0. The van der Waals surface area contributed by atoms with Crippen LogP contribution < -0.4 is 37.5 Å². The molecule has 4 fully saturated rings. The average Bonchev–Trinajstić information content (AvgIpc) is 1.57. The van der Waals surface area contributed by atoms with Gasteiger partial charge in [0.2, 0.25) is 22.7 Å². The third kappa shape index (κ3) is 17.3. The molecule has 3 N–H and O–H groups in total. The van der Waals surface area contributed by atoms with Crippen LogP contribution in [0.25, 0.3) is 9.81 Å². The zero-order valence-corrected chi connectivity index (χ0v) is 69.3. The fourth-order valence-corrected chi connectivity index (χ4v) is 26.3. The Morgan fingerprint density at radius 2 is 0.842 bits per heavy atom. The molecule has 0 amide bonds. The van der Waals surface area contributed by atoms with E-state index in [1.54, 1.807) is 68.8 Å². The number of hydrogen-bond acceptors (Lipinski definition) is 28. The molecular formula is C76H74O27S11. The lowest BCUT2D eigenvalue weighted by Gasteiger charge is -2.30. The number of aryl methyl sites for hydroxylation is 1. The molecule has 27 nitrogen and oxygen atoms in total. The first kappa shape index (κ1) is 81.3. The summed E-state index contributed by atoms with van der Waals surface area (Å²) in [6, 6.07) is 27.5. The van der Waals surface area contributed by atoms with Gasteiger partial charge in [0.05, 0.1) is 80.3 Å². The minimum atomic E-state index is -4.80. The van der Waals surface area contributed by atoms with Crippen LogP contribution in [-0.2, 0) is 108 Å². The summed E-state index contributed by atoms with van der Waals surface area (Å²) in [4.78, 5) is 5.58. The first-order valence-electron chi connectivity index (χ1n) is 36.3. The van der Waals surface area contributed by atoms with E-state index in [0.29, 0.717) is 139 Å². The Bertz CT molecular complexity index is 5750. The molecule has 5 aromatic carbocycles. The van der Waals surface area contributed by atoms with Gasteiger partial charge < -0.3 is 65.9 Å². The first-order valence-corrected chi connectivity index (χ1v) is 48.6. The molecule has 0 spiro atoms. The zero-order valence-electron chi connectivity index (χ0n) is 60.3. The Balaban J connectivity index is 0.000000172. The van der Waals surface area contributed by atoms with Crippen molar-refractivity contribution in [3.8, 4) is 34.5 Å². The average molecular weight is 1770 g/mol. The standard InChI is InChI=1S/C40H42O15S5.C36H34O12S6/c1-27(29-6-16-37(17-7-29)57(44,45)46)24-34(31-10-20-39(21-11-31)59(50,51)52)26-35(32-12-22-40(23-13-32)60(53,54)55)25-33(30-8-18-38(19-9-30)58(47,48)49)5-2-28-3-14-36(15-4-28)56(41,42)43;1-3-39-17-15(37-1)13-49-27(17)29-19-21(43-7-5-41-19)31(51-29)33-23-25(47-11-9-45-23)35(53-33)36-26-24(46-10-12-48-26)34(54-36)32-22-20(42-6-8-44-22)30(52-32)28-18-16(14-50-28)38-2-4-40-18/h3-4,6-23,27,33-35H,2,5,24-26H2,1H3,(H,41,42,43)(H,44,45,46)(H,47,48,49)(H,50,51,52)(H,53,54,55);13,16,18-19,21,24,26,28H,1-12,14H2/q;+2/p-2/b;33-31+,36-35+. The second kappa shape index (κ2) is 33.4. The number of ether oxygens (including phenoxy) is 12. The van der Waals surface area contributed by atoms with Gasteiger partial charge in [0.1, 0.15) is 84.8 Å². The van der Waals surface area contributed by atoms with Crippen LogP contribution in [0, 0.1) is 0 Å². The van der Waals surface area contributed by atoms with Crippen molar-refractivity contribution < 1.29 is 122 Å². The zero-order chi connectivity index (χ0) is 79.6. The van der Waals surface area contributed by atoms with Crippen LogP contribution in [0.2, 0.25) is 0 Å². The van der Waals surface area contributed by atoms with Crippen LogP contribution in [0.4, 0.5) is 0 Å². The Morgan fingerprint density at radius 1 is 0.430 bits per heavy atom. The normalized spacial score (nSPS) is 24.0. The summed E-state index contributed by atoms with van der Waals surface area (Å²) in [7, 11) is -23.1. The molecule has 3 aromatic heterocycles. The van der Waals surface area contributed by atoms with E-state index in [1.807, 2.05) is 24.1 Å². The Morgan fingerprint density at radius 3 is 1.36 bits per heavy atom. The molecular weight excluding hydrogens is 1700 g/mol. The number of thioether (sulfide) groups is 1. The van der Waals surface area contributed by atoms with Crippen molar-refractivity contribution in [2.24, 2.45) is 0 Å². The van der Waals surface area contributed by atoms with Crippen molar-refractivity contribution in [3.05, 3.63) is 178 Å². The highest BCUT2D eigenvalue weighted by Gasteiger charge is 2.57. The van der Waals surface area contributed by atoms with E-state index >= 15 is 0 Å². The summed E-state index contributed by atoms with van der Waals surface area (Å²) < 4.78 is 248. The van der Waals surface area contributed by atoms with Crippen LogP contribution in [-0.4, -0.2) is 196 Å². The quantitative estimate of drug-likeness (QED) is 0.0344. The smallest absolute Gasteiger partial charge is 0.294 e. The predicted molar refractivity (Wildman–Crippen MR) is 425 cm³/mol. The number of hydrogen-bond donors (Lipinski definition) is 3. The molecule has 114 heavy (non-hydrogen) atoms. The van der Waals surface area contributed by atoms with Crippen molar-refractivity contribution in [1.29, 1.82) is 0 Å². The highest BCUT2D eigenvalue weighted by atomic mass is 32.2. The molecule has 606 valence electrons. The molecule has 0 aliphatic carbocycles. The molecule has 12 heterocycles. The summed E-state index contributed by atoms with van der Waals surface area (Å²) in [5.41, 5.74) is 3.28. The molecule has 9 aliphatic rings. The minimum Gasteiger partial charge on any atom is -0.744 e. The maximum absolute atomic E-state index is 12.0. The molecule has 9 aliphatic heterocycles. The number of thiophene rings is 3. The SMILES string of the molecule is CC(CC(CC(CC(CCc1ccc(S(=O)(=O)[O-])cc1)c1ccc(S(=O)(=O)O)cc1)c1ccc(S(=O)(=O)O)cc1)c1ccc(S(=O)(=O)[O-])cc1)c1ccc(S(=O)(=O)O)cc1.c1sc(C2=[S+]/C(=c3/s/c(=C4/[S+]=C(c5sc(C6SCC7OCCOC76)c6c5OCCO6)C5OCCOC45)c4c3OCCO4)C3OCCOC23)c2c1OCCO2. The summed E-state index contributed by atoms with van der Waals surface area (Å²) >= 11 is 10.3. The fourth-order valence-electron chi connectivity index (χ4n) is 15.5. The molecule has 4 saturated heterocycles. The van der Waals surface area contributed by atoms with Crippen molar-refractivity contribution >= 4 is 139 Å². The summed E-state index contributed by atoms with van der Waals surface area (Å²) in [6.07, 6.45) is 0.621. The topological polar surface area (TPSA) is 388 Å². The van der Waals surface area contributed by atoms with E-state index in [-0.39, 0.29) is 62.5 Å². The lowest BCUT2D eigenvalue weighted by Crippen LogP contribution is -2.41. The van der Waals surface area contributed by atoms with E-state index in [0.717, 1.165) is 83.5 Å². The summed E-state index contributed by atoms with van der Waals surface area (Å²) in [5, 5.41) is 2.13. The maximum Gasteiger partial charge on any atom is 0.294 e. The highest BCUT2D eigenvalue weighted by Crippen LogP contribution is 2.56. The van der Waals surface area contributed by atoms with E-state index in [2.05, 4.69) is 0 Å². The van der Waals surface area contributed by atoms with Gasteiger partial charge >= 0.3 is 0 Å². The van der Waals surface area contributed by atoms with Crippen LogP contribution in [0.15, 0.2) is 151 Å². The van der Waals surface area contributed by atoms with Crippen molar-refractivity contribution in [2.45, 2.75) is 129 Å². The molecule has 0 bridgehead atoms. The van der Waals surface area contributed by atoms with Crippen molar-refractivity contribution in [1.82, 2.24) is 0 Å². The third-order valence-electron chi connectivity index (χ3n) is 20.9. The first-order chi connectivity index (χ1) is 54.6. The molecule has 11 unspecified atom stereocenters. The molecule has 8 aromatic rings.